The van der Waals surface area contributed by atoms with Crippen LogP contribution in [0.5, 0.6) is 5.75 Å². The molecule has 1 fully saturated rings. The summed E-state index contributed by atoms with van der Waals surface area (Å²) in [6.45, 7) is 6.33. The van der Waals surface area contributed by atoms with E-state index in [1.807, 2.05) is 25.3 Å². The Bertz CT molecular complexity index is 414. The second-order valence-corrected chi connectivity index (χ2v) is 5.30. The number of methoxy groups -OCH3 is 1. The standard InChI is InChI=1S/C16H27N3O2/c1-3-21-15-8-6-9-18-16(15)19-11-5-4-7-14(19)13-17-10-12-20-2/h6,8-9,14,17H,3-5,7,10-13H2,1-2H3. The maximum Gasteiger partial charge on any atom is 0.171 e. The van der Waals surface area contributed by atoms with Gasteiger partial charge in [0.25, 0.3) is 0 Å². The highest BCUT2D eigenvalue weighted by molar-refractivity contribution is 5.53. The lowest BCUT2D eigenvalue weighted by atomic mass is 10.0. The van der Waals surface area contributed by atoms with Crippen molar-refractivity contribution in [3.63, 3.8) is 0 Å². The molecule has 5 heteroatoms. The maximum atomic E-state index is 5.74. The van der Waals surface area contributed by atoms with Crippen molar-refractivity contribution in [3.8, 4) is 5.75 Å². The summed E-state index contributed by atoms with van der Waals surface area (Å²) < 4.78 is 10.8. The summed E-state index contributed by atoms with van der Waals surface area (Å²) in [5.41, 5.74) is 0. The van der Waals surface area contributed by atoms with Crippen LogP contribution in [0.15, 0.2) is 18.3 Å². The Morgan fingerprint density at radius 3 is 3.14 bits per heavy atom. The molecule has 1 aliphatic heterocycles. The number of rotatable bonds is 8. The molecule has 1 unspecified atom stereocenters. The topological polar surface area (TPSA) is 46.6 Å². The van der Waals surface area contributed by atoms with Crippen LogP contribution in [0.3, 0.4) is 0 Å². The number of aromatic nitrogens is 1. The summed E-state index contributed by atoms with van der Waals surface area (Å²) in [5, 5.41) is 3.47. The summed E-state index contributed by atoms with van der Waals surface area (Å²) in [6, 6.07) is 4.42. The first-order valence-corrected chi connectivity index (χ1v) is 7.91. The van der Waals surface area contributed by atoms with Crippen molar-refractivity contribution < 1.29 is 9.47 Å². The molecule has 1 aromatic heterocycles. The number of nitrogens with zero attached hydrogens (tertiary/aromatic N) is 2. The normalized spacial score (nSPS) is 18.8. The van der Waals surface area contributed by atoms with Gasteiger partial charge in [-0.1, -0.05) is 0 Å². The van der Waals surface area contributed by atoms with Gasteiger partial charge in [0, 0.05) is 39.0 Å². The minimum absolute atomic E-state index is 0.477. The van der Waals surface area contributed by atoms with Crippen molar-refractivity contribution in [2.45, 2.75) is 32.2 Å². The molecule has 5 nitrogen and oxygen atoms in total. The van der Waals surface area contributed by atoms with E-state index in [-0.39, 0.29) is 0 Å². The third-order valence-corrected chi connectivity index (χ3v) is 3.81. The highest BCUT2D eigenvalue weighted by atomic mass is 16.5. The van der Waals surface area contributed by atoms with Crippen molar-refractivity contribution in [2.24, 2.45) is 0 Å². The molecule has 1 saturated heterocycles. The largest absolute Gasteiger partial charge is 0.490 e. The fraction of sp³-hybridized carbons (Fsp3) is 0.688. The lowest BCUT2D eigenvalue weighted by molar-refractivity contribution is 0.198. The van der Waals surface area contributed by atoms with Crippen molar-refractivity contribution >= 4 is 5.82 Å². The van der Waals surface area contributed by atoms with Crippen molar-refractivity contribution in [1.82, 2.24) is 10.3 Å². The Morgan fingerprint density at radius 2 is 2.33 bits per heavy atom. The second-order valence-electron chi connectivity index (χ2n) is 5.30. The van der Waals surface area contributed by atoms with E-state index < -0.39 is 0 Å². The number of ether oxygens (including phenoxy) is 2. The zero-order valence-corrected chi connectivity index (χ0v) is 13.2. The number of anilines is 1. The zero-order valence-electron chi connectivity index (χ0n) is 13.2. The zero-order chi connectivity index (χ0) is 14.9. The van der Waals surface area contributed by atoms with Crippen LogP contribution < -0.4 is 15.0 Å². The Morgan fingerprint density at radius 1 is 1.43 bits per heavy atom. The van der Waals surface area contributed by atoms with Gasteiger partial charge in [0.1, 0.15) is 0 Å². The highest BCUT2D eigenvalue weighted by Gasteiger charge is 2.25. The second kappa shape index (κ2) is 8.85. The molecule has 2 heterocycles. The number of nitrogens with one attached hydrogen (secondary N) is 1. The smallest absolute Gasteiger partial charge is 0.171 e. The van der Waals surface area contributed by atoms with Crippen LogP contribution in [0.1, 0.15) is 26.2 Å². The van der Waals surface area contributed by atoms with Gasteiger partial charge in [-0.15, -0.1) is 0 Å². The number of pyridine rings is 1. The van der Waals surface area contributed by atoms with Crippen LogP contribution in [-0.4, -0.2) is 51.0 Å². The molecule has 1 N–H and O–H groups in total. The molecule has 0 spiro atoms. The third kappa shape index (κ3) is 4.58. The minimum atomic E-state index is 0.477. The van der Waals surface area contributed by atoms with Gasteiger partial charge in [-0.05, 0) is 38.3 Å². The summed E-state index contributed by atoms with van der Waals surface area (Å²) in [7, 11) is 1.73. The molecule has 0 saturated carbocycles. The van der Waals surface area contributed by atoms with Crippen LogP contribution in [0.4, 0.5) is 5.82 Å². The highest BCUT2D eigenvalue weighted by Crippen LogP contribution is 2.30. The molecule has 0 aliphatic carbocycles. The molecule has 2 rings (SSSR count). The Kier molecular flexibility index (Phi) is 6.76. The predicted octanol–water partition coefficient (Wildman–Crippen LogP) is 2.08. The fourth-order valence-corrected chi connectivity index (χ4v) is 2.80. The predicted molar refractivity (Wildman–Crippen MR) is 85.1 cm³/mol. The minimum Gasteiger partial charge on any atom is -0.490 e. The lowest BCUT2D eigenvalue weighted by Crippen LogP contribution is -2.46. The quantitative estimate of drug-likeness (QED) is 0.744. The molecular formula is C16H27N3O2. The van der Waals surface area contributed by atoms with Gasteiger partial charge >= 0.3 is 0 Å². The maximum absolute atomic E-state index is 5.74. The van der Waals surface area contributed by atoms with E-state index in [0.717, 1.165) is 37.8 Å². The van der Waals surface area contributed by atoms with Gasteiger partial charge in [-0.3, -0.25) is 0 Å². The summed E-state index contributed by atoms with van der Waals surface area (Å²) in [4.78, 5) is 6.96. The van der Waals surface area contributed by atoms with E-state index in [1.54, 1.807) is 7.11 Å². The van der Waals surface area contributed by atoms with E-state index in [4.69, 9.17) is 9.47 Å². The fourth-order valence-electron chi connectivity index (χ4n) is 2.80. The average molecular weight is 293 g/mol. The van der Waals surface area contributed by atoms with Gasteiger partial charge < -0.3 is 19.7 Å². The molecule has 21 heavy (non-hydrogen) atoms. The molecule has 0 bridgehead atoms. The number of piperidine rings is 1. The molecule has 0 aromatic carbocycles. The molecule has 0 radical (unpaired) electrons. The molecule has 1 aliphatic rings. The van der Waals surface area contributed by atoms with Crippen LogP contribution in [0.25, 0.3) is 0 Å². The SMILES string of the molecule is CCOc1cccnc1N1CCCCC1CNCCOC. The summed E-state index contributed by atoms with van der Waals surface area (Å²) in [5.74, 6) is 1.88. The third-order valence-electron chi connectivity index (χ3n) is 3.81. The van der Waals surface area contributed by atoms with Gasteiger partial charge in [0.2, 0.25) is 0 Å². The van der Waals surface area contributed by atoms with Crippen molar-refractivity contribution in [3.05, 3.63) is 18.3 Å². The van der Waals surface area contributed by atoms with E-state index in [2.05, 4.69) is 15.2 Å². The first-order chi connectivity index (χ1) is 10.4. The van der Waals surface area contributed by atoms with Gasteiger partial charge in [-0.2, -0.15) is 0 Å². The van der Waals surface area contributed by atoms with Gasteiger partial charge in [0.15, 0.2) is 11.6 Å². The number of hydrogen-bond acceptors (Lipinski definition) is 5. The average Bonchev–Trinajstić information content (AvgIpc) is 2.53. The first-order valence-electron chi connectivity index (χ1n) is 7.91. The molecule has 1 aromatic rings. The van der Waals surface area contributed by atoms with E-state index >= 15 is 0 Å². The van der Waals surface area contributed by atoms with Crippen LogP contribution >= 0.6 is 0 Å². The molecule has 0 amide bonds. The van der Waals surface area contributed by atoms with Crippen LogP contribution in [0.2, 0.25) is 0 Å². The molecule has 1 atom stereocenters. The molecule has 118 valence electrons. The summed E-state index contributed by atoms with van der Waals surface area (Å²) in [6.07, 6.45) is 5.55. The molecular weight excluding hydrogens is 266 g/mol. The Labute approximate surface area is 127 Å². The van der Waals surface area contributed by atoms with Crippen LogP contribution in [0, 0.1) is 0 Å². The van der Waals surface area contributed by atoms with Gasteiger partial charge in [0.05, 0.1) is 13.2 Å². The Hall–Kier alpha value is -1.33. The summed E-state index contributed by atoms with van der Waals surface area (Å²) >= 11 is 0. The number of hydrogen-bond donors (Lipinski definition) is 1. The monoisotopic (exact) mass is 293 g/mol. The van der Waals surface area contributed by atoms with E-state index in [9.17, 15) is 0 Å². The van der Waals surface area contributed by atoms with Crippen molar-refractivity contribution in [2.75, 3.05) is 44.9 Å². The first kappa shape index (κ1) is 16.0. The lowest BCUT2D eigenvalue weighted by Gasteiger charge is -2.37. The van der Waals surface area contributed by atoms with E-state index in [0.29, 0.717) is 12.6 Å². The van der Waals surface area contributed by atoms with E-state index in [1.165, 1.54) is 19.3 Å². The van der Waals surface area contributed by atoms with Crippen molar-refractivity contribution in [1.29, 1.82) is 0 Å². The Balaban J connectivity index is 2.03. The van der Waals surface area contributed by atoms with Crippen LogP contribution in [-0.2, 0) is 4.74 Å². The van der Waals surface area contributed by atoms with Gasteiger partial charge in [-0.25, -0.2) is 4.98 Å².